The van der Waals surface area contributed by atoms with Gasteiger partial charge in [-0.3, -0.25) is 9.59 Å². The number of hydrogen-bond donors (Lipinski definition) is 1. The van der Waals surface area contributed by atoms with E-state index < -0.39 is 5.97 Å². The summed E-state index contributed by atoms with van der Waals surface area (Å²) in [5.41, 5.74) is 1.95. The Morgan fingerprint density at radius 3 is 2.70 bits per heavy atom. The summed E-state index contributed by atoms with van der Waals surface area (Å²) in [6.07, 6.45) is 0.967. The Hall–Kier alpha value is -2.04. The number of ether oxygens (including phenoxy) is 1. The van der Waals surface area contributed by atoms with Gasteiger partial charge in [0.1, 0.15) is 0 Å². The maximum atomic E-state index is 11.3. The van der Waals surface area contributed by atoms with Gasteiger partial charge in [0.15, 0.2) is 0 Å². The summed E-state index contributed by atoms with van der Waals surface area (Å²) < 4.78 is 4.89. The summed E-state index contributed by atoms with van der Waals surface area (Å²) in [4.78, 5) is 23.8. The molecule has 0 amide bonds. The molecule has 0 aromatic heterocycles. The fourth-order valence-electron chi connectivity index (χ4n) is 1.82. The molecule has 0 saturated heterocycles. The number of carboxylic acid groups (broad SMARTS) is 1. The number of carbonyl (C=O) groups excluding carboxylic acids is 1. The Bertz CT molecular complexity index is 459. The van der Waals surface area contributed by atoms with Gasteiger partial charge in [0.2, 0.25) is 0 Å². The standard InChI is InChI=1S/C15H21NO4/c1-3-20-15(19)9-10-16(2)13-6-4-5-12(11-13)7-8-14(17)18/h4-6,11H,3,7-10H2,1-2H3,(H,17,18). The lowest BCUT2D eigenvalue weighted by atomic mass is 10.1. The number of nitrogens with zero attached hydrogens (tertiary/aromatic N) is 1. The highest BCUT2D eigenvalue weighted by Crippen LogP contribution is 2.16. The van der Waals surface area contributed by atoms with Crippen molar-refractivity contribution in [2.24, 2.45) is 0 Å². The van der Waals surface area contributed by atoms with Crippen LogP contribution >= 0.6 is 0 Å². The first-order chi connectivity index (χ1) is 9.52. The number of rotatable bonds is 8. The zero-order valence-electron chi connectivity index (χ0n) is 12.0. The number of carbonyl (C=O) groups is 2. The van der Waals surface area contributed by atoms with Gasteiger partial charge in [-0.25, -0.2) is 0 Å². The molecule has 5 heteroatoms. The predicted molar refractivity (Wildman–Crippen MR) is 76.9 cm³/mol. The summed E-state index contributed by atoms with van der Waals surface area (Å²) in [6, 6.07) is 7.70. The first kappa shape index (κ1) is 16.0. The molecule has 1 rings (SSSR count). The number of anilines is 1. The lowest BCUT2D eigenvalue weighted by molar-refractivity contribution is -0.143. The normalized spacial score (nSPS) is 10.1. The summed E-state index contributed by atoms with van der Waals surface area (Å²) in [5.74, 6) is -1.01. The van der Waals surface area contributed by atoms with Gasteiger partial charge in [0.25, 0.3) is 0 Å². The average molecular weight is 279 g/mol. The third-order valence-corrected chi connectivity index (χ3v) is 2.94. The van der Waals surface area contributed by atoms with Crippen LogP contribution in [-0.2, 0) is 20.7 Å². The number of hydrogen-bond acceptors (Lipinski definition) is 4. The zero-order chi connectivity index (χ0) is 15.0. The van der Waals surface area contributed by atoms with E-state index in [-0.39, 0.29) is 12.4 Å². The Labute approximate surface area is 119 Å². The topological polar surface area (TPSA) is 66.8 Å². The summed E-state index contributed by atoms with van der Waals surface area (Å²) in [5, 5.41) is 8.69. The van der Waals surface area contributed by atoms with Gasteiger partial charge in [0, 0.05) is 25.7 Å². The maximum Gasteiger partial charge on any atom is 0.307 e. The Morgan fingerprint density at radius 2 is 2.05 bits per heavy atom. The lowest BCUT2D eigenvalue weighted by Crippen LogP contribution is -2.22. The quantitative estimate of drug-likeness (QED) is 0.738. The van der Waals surface area contributed by atoms with E-state index in [0.29, 0.717) is 26.0 Å². The summed E-state index contributed by atoms with van der Waals surface area (Å²) in [7, 11) is 1.90. The van der Waals surface area contributed by atoms with E-state index >= 15 is 0 Å². The van der Waals surface area contributed by atoms with Gasteiger partial charge < -0.3 is 14.7 Å². The van der Waals surface area contributed by atoms with Crippen molar-refractivity contribution in [3.8, 4) is 0 Å². The van der Waals surface area contributed by atoms with Crippen molar-refractivity contribution in [1.82, 2.24) is 0 Å². The molecule has 0 bridgehead atoms. The Kier molecular flexibility index (Phi) is 6.56. The molecule has 20 heavy (non-hydrogen) atoms. The number of aryl methyl sites for hydroxylation is 1. The second kappa shape index (κ2) is 8.19. The molecule has 1 N–H and O–H groups in total. The Morgan fingerprint density at radius 1 is 1.30 bits per heavy atom. The van der Waals surface area contributed by atoms with Crippen molar-refractivity contribution < 1.29 is 19.4 Å². The van der Waals surface area contributed by atoms with Crippen molar-refractivity contribution in [3.05, 3.63) is 29.8 Å². The highest BCUT2D eigenvalue weighted by Gasteiger charge is 2.07. The highest BCUT2D eigenvalue weighted by molar-refractivity contribution is 5.70. The van der Waals surface area contributed by atoms with E-state index in [1.807, 2.05) is 36.2 Å². The van der Waals surface area contributed by atoms with Crippen LogP contribution in [0, 0.1) is 0 Å². The van der Waals surface area contributed by atoms with Crippen LogP contribution in [0.2, 0.25) is 0 Å². The average Bonchev–Trinajstić information content (AvgIpc) is 2.43. The zero-order valence-corrected chi connectivity index (χ0v) is 12.0. The van der Waals surface area contributed by atoms with Gasteiger partial charge in [-0.1, -0.05) is 12.1 Å². The minimum atomic E-state index is -0.800. The molecule has 0 unspecified atom stereocenters. The molecule has 0 aliphatic rings. The minimum Gasteiger partial charge on any atom is -0.481 e. The maximum absolute atomic E-state index is 11.3. The number of esters is 1. The van der Waals surface area contributed by atoms with Gasteiger partial charge in [-0.2, -0.15) is 0 Å². The molecule has 1 aromatic rings. The Balaban J connectivity index is 2.54. The van der Waals surface area contributed by atoms with E-state index in [9.17, 15) is 9.59 Å². The number of benzene rings is 1. The molecule has 0 radical (unpaired) electrons. The van der Waals surface area contributed by atoms with Crippen LogP contribution < -0.4 is 4.90 Å². The second-order valence-corrected chi connectivity index (χ2v) is 4.54. The van der Waals surface area contributed by atoms with Crippen LogP contribution in [0.25, 0.3) is 0 Å². The van der Waals surface area contributed by atoms with Crippen LogP contribution in [0.5, 0.6) is 0 Å². The molecule has 0 fully saturated rings. The van der Waals surface area contributed by atoms with Crippen molar-refractivity contribution in [2.75, 3.05) is 25.1 Å². The third-order valence-electron chi connectivity index (χ3n) is 2.94. The molecular weight excluding hydrogens is 258 g/mol. The van der Waals surface area contributed by atoms with Crippen molar-refractivity contribution in [1.29, 1.82) is 0 Å². The van der Waals surface area contributed by atoms with E-state index in [0.717, 1.165) is 11.3 Å². The van der Waals surface area contributed by atoms with Crippen molar-refractivity contribution in [3.63, 3.8) is 0 Å². The van der Waals surface area contributed by atoms with Crippen LogP contribution in [0.3, 0.4) is 0 Å². The first-order valence-corrected chi connectivity index (χ1v) is 6.70. The van der Waals surface area contributed by atoms with Gasteiger partial charge in [0.05, 0.1) is 13.0 Å². The van der Waals surface area contributed by atoms with E-state index in [1.54, 1.807) is 6.92 Å². The minimum absolute atomic E-state index is 0.121. The molecule has 0 saturated carbocycles. The highest BCUT2D eigenvalue weighted by atomic mass is 16.5. The fourth-order valence-corrected chi connectivity index (χ4v) is 1.82. The van der Waals surface area contributed by atoms with E-state index in [4.69, 9.17) is 9.84 Å². The second-order valence-electron chi connectivity index (χ2n) is 4.54. The smallest absolute Gasteiger partial charge is 0.307 e. The molecule has 0 aliphatic carbocycles. The predicted octanol–water partition coefficient (Wildman–Crippen LogP) is 2.09. The monoisotopic (exact) mass is 279 g/mol. The van der Waals surface area contributed by atoms with Gasteiger partial charge in [-0.05, 0) is 31.0 Å². The fraction of sp³-hybridized carbons (Fsp3) is 0.467. The number of aliphatic carboxylic acids is 1. The molecule has 0 atom stereocenters. The molecule has 110 valence electrons. The summed E-state index contributed by atoms with van der Waals surface area (Å²) in [6.45, 7) is 2.75. The van der Waals surface area contributed by atoms with Crippen molar-refractivity contribution in [2.45, 2.75) is 26.2 Å². The number of carboxylic acids is 1. The van der Waals surface area contributed by atoms with E-state index in [1.165, 1.54) is 0 Å². The van der Waals surface area contributed by atoms with Crippen LogP contribution in [0.15, 0.2) is 24.3 Å². The molecule has 5 nitrogen and oxygen atoms in total. The van der Waals surface area contributed by atoms with Crippen LogP contribution in [0.4, 0.5) is 5.69 Å². The van der Waals surface area contributed by atoms with Crippen LogP contribution in [-0.4, -0.2) is 37.2 Å². The largest absolute Gasteiger partial charge is 0.481 e. The SMILES string of the molecule is CCOC(=O)CCN(C)c1cccc(CCC(=O)O)c1. The lowest BCUT2D eigenvalue weighted by Gasteiger charge is -2.19. The van der Waals surface area contributed by atoms with E-state index in [2.05, 4.69) is 0 Å². The molecule has 0 spiro atoms. The molecule has 0 aliphatic heterocycles. The molecule has 1 aromatic carbocycles. The van der Waals surface area contributed by atoms with Crippen LogP contribution in [0.1, 0.15) is 25.3 Å². The van der Waals surface area contributed by atoms with Gasteiger partial charge >= 0.3 is 11.9 Å². The summed E-state index contributed by atoms with van der Waals surface area (Å²) >= 11 is 0. The molecule has 0 heterocycles. The van der Waals surface area contributed by atoms with Crippen molar-refractivity contribution >= 4 is 17.6 Å². The third kappa shape index (κ3) is 5.73. The first-order valence-electron chi connectivity index (χ1n) is 6.70. The van der Waals surface area contributed by atoms with Gasteiger partial charge in [-0.15, -0.1) is 0 Å². The molecular formula is C15H21NO4.